The highest BCUT2D eigenvalue weighted by atomic mass is 16.5. The Hall–Kier alpha value is -3.39. The molecule has 0 saturated heterocycles. The molecule has 0 amide bonds. The van der Waals surface area contributed by atoms with Crippen molar-refractivity contribution < 1.29 is 4.74 Å². The second-order valence-corrected chi connectivity index (χ2v) is 6.44. The number of hydrogen-bond acceptors (Lipinski definition) is 2. The van der Waals surface area contributed by atoms with Crippen molar-refractivity contribution in [2.75, 3.05) is 7.11 Å². The van der Waals surface area contributed by atoms with E-state index in [1.807, 2.05) is 24.4 Å². The van der Waals surface area contributed by atoms with Crippen molar-refractivity contribution in [3.8, 4) is 16.9 Å². The van der Waals surface area contributed by atoms with E-state index in [9.17, 15) is 0 Å². The molecule has 26 heavy (non-hydrogen) atoms. The molecule has 0 aliphatic rings. The van der Waals surface area contributed by atoms with E-state index in [4.69, 9.17) is 9.72 Å². The molecule has 0 N–H and O–H groups in total. The number of fused-ring (bicyclic) bond motifs is 5. The predicted molar refractivity (Wildman–Crippen MR) is 109 cm³/mol. The zero-order chi connectivity index (χ0) is 17.5. The largest absolute Gasteiger partial charge is 0.497 e. The van der Waals surface area contributed by atoms with Crippen molar-refractivity contribution in [1.29, 1.82) is 0 Å². The highest BCUT2D eigenvalue weighted by Gasteiger charge is 2.12. The Morgan fingerprint density at radius 3 is 2.27 bits per heavy atom. The molecule has 1 aromatic heterocycles. The summed E-state index contributed by atoms with van der Waals surface area (Å²) in [6, 6.07) is 27.4. The molecule has 0 bridgehead atoms. The van der Waals surface area contributed by atoms with Crippen LogP contribution in [0.5, 0.6) is 5.75 Å². The fourth-order valence-corrected chi connectivity index (χ4v) is 3.73. The van der Waals surface area contributed by atoms with E-state index in [-0.39, 0.29) is 0 Å². The van der Waals surface area contributed by atoms with Gasteiger partial charge in [0, 0.05) is 22.4 Å². The molecule has 0 aliphatic carbocycles. The van der Waals surface area contributed by atoms with Gasteiger partial charge in [-0.2, -0.15) is 0 Å². The van der Waals surface area contributed by atoms with Crippen LogP contribution in [0.15, 0.2) is 85.1 Å². The number of para-hydroxylation sites is 1. The maximum Gasteiger partial charge on any atom is 0.118 e. The summed E-state index contributed by atoms with van der Waals surface area (Å²) in [7, 11) is 1.69. The van der Waals surface area contributed by atoms with Gasteiger partial charge in [-0.15, -0.1) is 0 Å². The van der Waals surface area contributed by atoms with Gasteiger partial charge in [0.15, 0.2) is 0 Å². The standard InChI is InChI=1S/C24H17NO/c1-26-18-12-10-16(11-13-18)21-14-17-6-2-3-7-19(17)24-20-8-4-5-9-23(20)25-15-22(21)24/h2-15H,1H3. The Labute approximate surface area is 151 Å². The van der Waals surface area contributed by atoms with Crippen molar-refractivity contribution in [2.24, 2.45) is 0 Å². The summed E-state index contributed by atoms with van der Waals surface area (Å²) in [6.45, 7) is 0. The molecule has 2 nitrogen and oxygen atoms in total. The second-order valence-electron chi connectivity index (χ2n) is 6.44. The van der Waals surface area contributed by atoms with Crippen LogP contribution in [0.25, 0.3) is 43.6 Å². The Balaban J connectivity index is 1.95. The van der Waals surface area contributed by atoms with Gasteiger partial charge in [-0.1, -0.05) is 54.6 Å². The zero-order valence-corrected chi connectivity index (χ0v) is 14.4. The summed E-state index contributed by atoms with van der Waals surface area (Å²) in [5.74, 6) is 0.863. The second kappa shape index (κ2) is 5.85. The average Bonchev–Trinajstić information content (AvgIpc) is 2.73. The molecule has 1 heterocycles. The van der Waals surface area contributed by atoms with Crippen LogP contribution in [0.2, 0.25) is 0 Å². The minimum atomic E-state index is 0.863. The van der Waals surface area contributed by atoms with E-state index in [1.165, 1.54) is 38.1 Å². The van der Waals surface area contributed by atoms with E-state index < -0.39 is 0 Å². The van der Waals surface area contributed by atoms with Gasteiger partial charge in [0.05, 0.1) is 12.6 Å². The normalized spacial score (nSPS) is 11.3. The molecule has 4 aromatic carbocycles. The van der Waals surface area contributed by atoms with Crippen molar-refractivity contribution in [1.82, 2.24) is 4.98 Å². The van der Waals surface area contributed by atoms with Crippen LogP contribution in [0.4, 0.5) is 0 Å². The van der Waals surface area contributed by atoms with Gasteiger partial charge in [-0.25, -0.2) is 0 Å². The summed E-state index contributed by atoms with van der Waals surface area (Å²) in [5.41, 5.74) is 3.38. The molecular weight excluding hydrogens is 318 g/mol. The Kier molecular flexibility index (Phi) is 3.36. The van der Waals surface area contributed by atoms with Crippen molar-refractivity contribution in [3.05, 3.63) is 85.1 Å². The Morgan fingerprint density at radius 2 is 1.46 bits per heavy atom. The van der Waals surface area contributed by atoms with Crippen LogP contribution in [0, 0.1) is 0 Å². The van der Waals surface area contributed by atoms with E-state index >= 15 is 0 Å². The van der Waals surface area contributed by atoms with Gasteiger partial charge in [-0.05, 0) is 46.2 Å². The number of rotatable bonds is 2. The third-order valence-corrected chi connectivity index (χ3v) is 5.00. The predicted octanol–water partition coefficient (Wildman–Crippen LogP) is 6.22. The number of ether oxygens (including phenoxy) is 1. The Bertz CT molecular complexity index is 1240. The topological polar surface area (TPSA) is 22.1 Å². The molecule has 124 valence electrons. The van der Waals surface area contributed by atoms with E-state index in [2.05, 4.69) is 60.7 Å². The minimum Gasteiger partial charge on any atom is -0.497 e. The van der Waals surface area contributed by atoms with Gasteiger partial charge in [0.1, 0.15) is 5.75 Å². The first-order valence-corrected chi connectivity index (χ1v) is 8.69. The SMILES string of the molecule is COc1ccc(-c2cc3ccccc3c3c2cnc2ccccc23)cc1. The third-order valence-electron chi connectivity index (χ3n) is 5.00. The molecule has 0 atom stereocenters. The summed E-state index contributed by atoms with van der Waals surface area (Å²) >= 11 is 0. The molecular formula is C24H17NO. The smallest absolute Gasteiger partial charge is 0.118 e. The Morgan fingerprint density at radius 1 is 0.731 bits per heavy atom. The first-order chi connectivity index (χ1) is 12.8. The van der Waals surface area contributed by atoms with E-state index in [0.717, 1.165) is 11.3 Å². The minimum absolute atomic E-state index is 0.863. The third kappa shape index (κ3) is 2.23. The van der Waals surface area contributed by atoms with Crippen LogP contribution in [0.1, 0.15) is 0 Å². The quantitative estimate of drug-likeness (QED) is 0.357. The maximum atomic E-state index is 5.31. The first-order valence-electron chi connectivity index (χ1n) is 8.69. The molecule has 0 radical (unpaired) electrons. The number of nitrogens with zero attached hydrogens (tertiary/aromatic N) is 1. The molecule has 2 heteroatoms. The lowest BCUT2D eigenvalue weighted by Crippen LogP contribution is -1.89. The molecule has 0 saturated carbocycles. The molecule has 0 aliphatic heterocycles. The summed E-state index contributed by atoms with van der Waals surface area (Å²) in [6.07, 6.45) is 2.00. The van der Waals surface area contributed by atoms with Crippen LogP contribution in [-0.2, 0) is 0 Å². The summed E-state index contributed by atoms with van der Waals surface area (Å²) in [4.78, 5) is 4.71. The lowest BCUT2D eigenvalue weighted by atomic mass is 9.92. The van der Waals surface area contributed by atoms with Crippen molar-refractivity contribution >= 4 is 32.4 Å². The van der Waals surface area contributed by atoms with E-state index in [0.29, 0.717) is 0 Å². The number of pyridine rings is 1. The maximum absolute atomic E-state index is 5.31. The van der Waals surface area contributed by atoms with Gasteiger partial charge >= 0.3 is 0 Å². The van der Waals surface area contributed by atoms with Crippen LogP contribution in [-0.4, -0.2) is 12.1 Å². The fourth-order valence-electron chi connectivity index (χ4n) is 3.73. The number of methoxy groups -OCH3 is 1. The van der Waals surface area contributed by atoms with Gasteiger partial charge in [-0.3, -0.25) is 4.98 Å². The summed E-state index contributed by atoms with van der Waals surface area (Å²) < 4.78 is 5.31. The monoisotopic (exact) mass is 335 g/mol. The van der Waals surface area contributed by atoms with Crippen LogP contribution >= 0.6 is 0 Å². The van der Waals surface area contributed by atoms with Gasteiger partial charge in [0.25, 0.3) is 0 Å². The number of hydrogen-bond donors (Lipinski definition) is 0. The molecule has 5 aromatic rings. The molecule has 0 spiro atoms. The first kappa shape index (κ1) is 14.9. The highest BCUT2D eigenvalue weighted by molar-refractivity contribution is 6.23. The van der Waals surface area contributed by atoms with Crippen LogP contribution < -0.4 is 4.74 Å². The van der Waals surface area contributed by atoms with Gasteiger partial charge < -0.3 is 4.74 Å². The lowest BCUT2D eigenvalue weighted by Gasteiger charge is -2.13. The van der Waals surface area contributed by atoms with Crippen molar-refractivity contribution in [2.45, 2.75) is 0 Å². The van der Waals surface area contributed by atoms with Crippen LogP contribution in [0.3, 0.4) is 0 Å². The number of benzene rings is 4. The molecule has 0 fully saturated rings. The zero-order valence-electron chi connectivity index (χ0n) is 14.4. The van der Waals surface area contributed by atoms with Gasteiger partial charge in [0.2, 0.25) is 0 Å². The molecule has 0 unspecified atom stereocenters. The highest BCUT2D eigenvalue weighted by Crippen LogP contribution is 2.38. The van der Waals surface area contributed by atoms with Crippen molar-refractivity contribution in [3.63, 3.8) is 0 Å². The molecule has 5 rings (SSSR count). The number of aromatic nitrogens is 1. The van der Waals surface area contributed by atoms with E-state index in [1.54, 1.807) is 7.11 Å². The summed E-state index contributed by atoms with van der Waals surface area (Å²) in [5, 5.41) is 6.13. The average molecular weight is 335 g/mol. The fraction of sp³-hybridized carbons (Fsp3) is 0.0417. The lowest BCUT2D eigenvalue weighted by molar-refractivity contribution is 0.415.